The fourth-order valence-corrected chi connectivity index (χ4v) is 5.77. The number of thiophene rings is 1. The Hall–Kier alpha value is -2.69. The van der Waals surface area contributed by atoms with Crippen molar-refractivity contribution in [2.24, 2.45) is 0 Å². The molecular formula is C22H22N2O5S3. The third kappa shape index (κ3) is 5.76. The van der Waals surface area contributed by atoms with Gasteiger partial charge in [0.1, 0.15) is 13.2 Å². The highest BCUT2D eigenvalue weighted by molar-refractivity contribution is 7.98. The van der Waals surface area contributed by atoms with Crippen LogP contribution in [0.25, 0.3) is 0 Å². The van der Waals surface area contributed by atoms with Crippen molar-refractivity contribution in [3.8, 4) is 11.5 Å². The molecule has 0 fully saturated rings. The molecule has 2 aromatic carbocycles. The lowest BCUT2D eigenvalue weighted by Crippen LogP contribution is -2.25. The SMILES string of the molecule is O=C(NCCSCc1cccs1)c1ccc(NS(=O)(=O)c2ccc3c(c2)OCCO3)cc1. The van der Waals surface area contributed by atoms with Crippen molar-refractivity contribution >= 4 is 44.7 Å². The van der Waals surface area contributed by atoms with Gasteiger partial charge in [0.05, 0.1) is 4.90 Å². The average molecular weight is 491 g/mol. The first-order valence-corrected chi connectivity index (χ1v) is 13.4. The third-order valence-electron chi connectivity index (χ3n) is 4.58. The number of amides is 1. The van der Waals surface area contributed by atoms with Crippen LogP contribution >= 0.6 is 23.1 Å². The Kier molecular flexibility index (Phi) is 7.23. The number of carbonyl (C=O) groups excluding carboxylic acids is 1. The molecule has 0 atom stereocenters. The lowest BCUT2D eigenvalue weighted by Gasteiger charge is -2.19. The van der Waals surface area contributed by atoms with Gasteiger partial charge in [-0.1, -0.05) is 6.07 Å². The molecule has 168 valence electrons. The van der Waals surface area contributed by atoms with Gasteiger partial charge in [0.15, 0.2) is 11.5 Å². The molecule has 3 aromatic rings. The van der Waals surface area contributed by atoms with Crippen molar-refractivity contribution < 1.29 is 22.7 Å². The summed E-state index contributed by atoms with van der Waals surface area (Å²) in [7, 11) is -3.81. The number of sulfonamides is 1. The number of hydrogen-bond acceptors (Lipinski definition) is 7. The van der Waals surface area contributed by atoms with E-state index in [4.69, 9.17) is 9.47 Å². The Morgan fingerprint density at radius 3 is 2.56 bits per heavy atom. The van der Waals surface area contributed by atoms with Crippen LogP contribution in [0.2, 0.25) is 0 Å². The van der Waals surface area contributed by atoms with Gasteiger partial charge in [-0.25, -0.2) is 8.42 Å². The van der Waals surface area contributed by atoms with Crippen LogP contribution in [0.3, 0.4) is 0 Å². The fourth-order valence-electron chi connectivity index (χ4n) is 3.00. The lowest BCUT2D eigenvalue weighted by molar-refractivity contribution is 0.0956. The molecule has 4 rings (SSSR count). The molecule has 0 bridgehead atoms. The second-order valence-corrected chi connectivity index (χ2v) is 10.7. The molecule has 2 heterocycles. The van der Waals surface area contributed by atoms with Crippen LogP contribution in [-0.2, 0) is 15.8 Å². The first-order valence-electron chi connectivity index (χ1n) is 9.92. The Balaban J connectivity index is 1.29. The second kappa shape index (κ2) is 10.3. The van der Waals surface area contributed by atoms with Gasteiger partial charge in [0.2, 0.25) is 0 Å². The maximum atomic E-state index is 12.7. The number of nitrogens with one attached hydrogen (secondary N) is 2. The summed E-state index contributed by atoms with van der Waals surface area (Å²) in [5, 5.41) is 4.93. The van der Waals surface area contributed by atoms with Gasteiger partial charge < -0.3 is 14.8 Å². The van der Waals surface area contributed by atoms with Crippen molar-refractivity contribution in [3.05, 3.63) is 70.4 Å². The summed E-state index contributed by atoms with van der Waals surface area (Å²) >= 11 is 3.49. The summed E-state index contributed by atoms with van der Waals surface area (Å²) in [5.74, 6) is 2.49. The zero-order chi connectivity index (χ0) is 22.4. The standard InChI is InChI=1S/C22H22N2O5S3/c25-22(23-9-13-30-15-18-2-1-12-31-18)16-3-5-17(6-4-16)24-32(26,27)19-7-8-20-21(14-19)29-11-10-28-20/h1-8,12,14,24H,9-11,13,15H2,(H,23,25). The van der Waals surface area contributed by atoms with E-state index in [1.165, 1.54) is 17.0 Å². The number of carbonyl (C=O) groups is 1. The van der Waals surface area contributed by atoms with Gasteiger partial charge in [-0.05, 0) is 47.8 Å². The van der Waals surface area contributed by atoms with E-state index in [-0.39, 0.29) is 10.8 Å². The molecule has 10 heteroatoms. The summed E-state index contributed by atoms with van der Waals surface area (Å²) in [6.07, 6.45) is 0. The maximum absolute atomic E-state index is 12.7. The molecule has 1 aliphatic heterocycles. The molecule has 2 N–H and O–H groups in total. The molecule has 32 heavy (non-hydrogen) atoms. The summed E-state index contributed by atoms with van der Waals surface area (Å²) in [6.45, 7) is 1.37. The number of benzene rings is 2. The molecular weight excluding hydrogens is 468 g/mol. The van der Waals surface area contributed by atoms with E-state index in [1.807, 2.05) is 6.07 Å². The Bertz CT molecular complexity index is 1160. The zero-order valence-electron chi connectivity index (χ0n) is 17.1. The minimum Gasteiger partial charge on any atom is -0.486 e. The van der Waals surface area contributed by atoms with Crippen molar-refractivity contribution in [1.29, 1.82) is 0 Å². The van der Waals surface area contributed by atoms with Gasteiger partial charge in [-0.15, -0.1) is 11.3 Å². The fraction of sp³-hybridized carbons (Fsp3) is 0.227. The van der Waals surface area contributed by atoms with E-state index in [1.54, 1.807) is 53.4 Å². The van der Waals surface area contributed by atoms with Crippen LogP contribution in [-0.4, -0.2) is 39.8 Å². The average Bonchev–Trinajstić information content (AvgIpc) is 3.32. The lowest BCUT2D eigenvalue weighted by atomic mass is 10.2. The summed E-state index contributed by atoms with van der Waals surface area (Å²) in [6, 6.07) is 14.9. The van der Waals surface area contributed by atoms with Crippen LogP contribution in [0, 0.1) is 0 Å². The molecule has 0 saturated carbocycles. The zero-order valence-corrected chi connectivity index (χ0v) is 19.5. The molecule has 0 radical (unpaired) electrons. The van der Waals surface area contributed by atoms with Crippen molar-refractivity contribution in [2.75, 3.05) is 30.2 Å². The number of anilines is 1. The smallest absolute Gasteiger partial charge is 0.262 e. The van der Waals surface area contributed by atoms with Crippen molar-refractivity contribution in [3.63, 3.8) is 0 Å². The summed E-state index contributed by atoms with van der Waals surface area (Å²) in [4.78, 5) is 13.7. The molecule has 1 amide bonds. The highest BCUT2D eigenvalue weighted by Gasteiger charge is 2.19. The van der Waals surface area contributed by atoms with Crippen LogP contribution < -0.4 is 19.5 Å². The second-order valence-electron chi connectivity index (χ2n) is 6.88. The number of ether oxygens (including phenoxy) is 2. The van der Waals surface area contributed by atoms with E-state index in [9.17, 15) is 13.2 Å². The normalized spacial score (nSPS) is 12.9. The first-order chi connectivity index (χ1) is 15.5. The van der Waals surface area contributed by atoms with Gasteiger partial charge in [0.25, 0.3) is 15.9 Å². The molecule has 1 aliphatic rings. The van der Waals surface area contributed by atoms with E-state index in [0.717, 1.165) is 11.5 Å². The predicted octanol–water partition coefficient (Wildman–Crippen LogP) is 3.98. The van der Waals surface area contributed by atoms with E-state index in [2.05, 4.69) is 21.5 Å². The molecule has 0 saturated heterocycles. The van der Waals surface area contributed by atoms with Gasteiger partial charge in [0, 0.05) is 40.2 Å². The van der Waals surface area contributed by atoms with E-state index >= 15 is 0 Å². The highest BCUT2D eigenvalue weighted by atomic mass is 32.2. The maximum Gasteiger partial charge on any atom is 0.262 e. The summed E-state index contributed by atoms with van der Waals surface area (Å²) in [5.41, 5.74) is 0.832. The van der Waals surface area contributed by atoms with Gasteiger partial charge in [-0.2, -0.15) is 11.8 Å². The molecule has 0 spiro atoms. The van der Waals surface area contributed by atoms with Crippen molar-refractivity contribution in [1.82, 2.24) is 5.32 Å². The molecule has 0 unspecified atom stereocenters. The first kappa shape index (κ1) is 22.5. The third-order valence-corrected chi connectivity index (χ3v) is 8.03. The Labute approximate surface area is 195 Å². The number of hydrogen-bond donors (Lipinski definition) is 2. The van der Waals surface area contributed by atoms with Gasteiger partial charge in [-0.3, -0.25) is 9.52 Å². The Morgan fingerprint density at radius 2 is 1.81 bits per heavy atom. The van der Waals surface area contributed by atoms with Crippen LogP contribution in [0.5, 0.6) is 11.5 Å². The number of rotatable bonds is 9. The molecule has 0 aliphatic carbocycles. The topological polar surface area (TPSA) is 93.7 Å². The van der Waals surface area contributed by atoms with Gasteiger partial charge >= 0.3 is 0 Å². The van der Waals surface area contributed by atoms with Crippen LogP contribution in [0.1, 0.15) is 15.2 Å². The van der Waals surface area contributed by atoms with E-state index < -0.39 is 10.0 Å². The number of fused-ring (bicyclic) bond motifs is 1. The predicted molar refractivity (Wildman–Crippen MR) is 127 cm³/mol. The quantitative estimate of drug-likeness (QED) is 0.441. The highest BCUT2D eigenvalue weighted by Crippen LogP contribution is 2.32. The minimum absolute atomic E-state index is 0.0728. The monoisotopic (exact) mass is 490 g/mol. The van der Waals surface area contributed by atoms with Crippen molar-refractivity contribution in [2.45, 2.75) is 10.6 Å². The van der Waals surface area contributed by atoms with Crippen LogP contribution in [0.4, 0.5) is 5.69 Å². The minimum atomic E-state index is -3.81. The molecule has 1 aromatic heterocycles. The Morgan fingerprint density at radius 1 is 1.03 bits per heavy atom. The molecule has 7 nitrogen and oxygen atoms in total. The van der Waals surface area contributed by atoms with E-state index in [0.29, 0.717) is 42.5 Å². The van der Waals surface area contributed by atoms with Crippen LogP contribution in [0.15, 0.2) is 64.9 Å². The summed E-state index contributed by atoms with van der Waals surface area (Å²) < 4.78 is 38.8. The number of thioether (sulfide) groups is 1. The largest absolute Gasteiger partial charge is 0.486 e.